The third-order valence-electron chi connectivity index (χ3n) is 10.7. The fourth-order valence-corrected chi connectivity index (χ4v) is 7.79. The lowest BCUT2D eigenvalue weighted by Gasteiger charge is -2.27. The average Bonchev–Trinajstić information content (AvgIpc) is 3.25. The van der Waals surface area contributed by atoms with Crippen LogP contribution in [0, 0.1) is 0 Å². The molecule has 57 heavy (non-hydrogen) atoms. The fourth-order valence-electron chi connectivity index (χ4n) is 7.79. The lowest BCUT2D eigenvalue weighted by Crippen LogP contribution is -2.51. The van der Waals surface area contributed by atoms with E-state index in [1.54, 1.807) is 0 Å². The molecule has 0 aliphatic rings. The molecular formula is C45H20B9N3. The van der Waals surface area contributed by atoms with Crippen LogP contribution in [0.15, 0.2) is 121 Å². The van der Waals surface area contributed by atoms with Crippen LogP contribution in [-0.2, 0) is 0 Å². The fraction of sp³-hybridized carbons (Fsp3) is 0. The van der Waals surface area contributed by atoms with E-state index in [0.717, 1.165) is 44.2 Å². The summed E-state index contributed by atoms with van der Waals surface area (Å²) in [6.07, 6.45) is 0. The van der Waals surface area contributed by atoms with Crippen molar-refractivity contribution in [1.29, 1.82) is 0 Å². The van der Waals surface area contributed by atoms with E-state index in [9.17, 15) is 0 Å². The molecule has 0 spiro atoms. The molecular weight excluding hydrogens is 680 g/mol. The topological polar surface area (TPSA) is 38.7 Å². The van der Waals surface area contributed by atoms with E-state index in [0.29, 0.717) is 33.2 Å². The van der Waals surface area contributed by atoms with Crippen molar-refractivity contribution in [3.63, 3.8) is 0 Å². The number of benzene rings is 8. The van der Waals surface area contributed by atoms with Crippen LogP contribution < -0.4 is 49.2 Å². The lowest BCUT2D eigenvalue weighted by atomic mass is 9.58. The summed E-state index contributed by atoms with van der Waals surface area (Å²) in [5, 5.41) is 3.55. The highest BCUT2D eigenvalue weighted by molar-refractivity contribution is 6.73. The van der Waals surface area contributed by atoms with E-state index in [2.05, 4.69) is 60.7 Å². The minimum absolute atomic E-state index is 0.0624. The van der Waals surface area contributed by atoms with Crippen LogP contribution >= 0.6 is 0 Å². The molecule has 0 amide bonds. The first-order valence-corrected chi connectivity index (χ1v) is 18.1. The number of hydrogen-bond donors (Lipinski definition) is 0. The van der Waals surface area contributed by atoms with Gasteiger partial charge in [-0.05, 0) is 60.6 Å². The molecule has 18 radical (unpaired) electrons. The normalized spacial score (nSPS) is 11.4. The maximum Gasteiger partial charge on any atom is 0.164 e. The van der Waals surface area contributed by atoms with E-state index in [-0.39, 0.29) is 60.6 Å². The minimum atomic E-state index is 0.0624. The molecule has 3 nitrogen and oxygen atoms in total. The summed E-state index contributed by atoms with van der Waals surface area (Å²) in [5.41, 5.74) is 6.91. The third-order valence-corrected chi connectivity index (χ3v) is 10.7. The van der Waals surface area contributed by atoms with Crippen molar-refractivity contribution >= 4 is 152 Å². The zero-order valence-electron chi connectivity index (χ0n) is 30.6. The van der Waals surface area contributed by atoms with Gasteiger partial charge in [0.25, 0.3) is 0 Å². The van der Waals surface area contributed by atoms with E-state index in [4.69, 9.17) is 85.6 Å². The Morgan fingerprint density at radius 3 is 1.30 bits per heavy atom. The summed E-state index contributed by atoms with van der Waals surface area (Å²) >= 11 is 0. The number of fused-ring (bicyclic) bond motifs is 4. The van der Waals surface area contributed by atoms with Gasteiger partial charge in [0.1, 0.15) is 70.6 Å². The summed E-state index contributed by atoms with van der Waals surface area (Å²) in [5.74, 6) is 0.938. The molecule has 1 aromatic heterocycles. The van der Waals surface area contributed by atoms with Crippen LogP contribution in [0.25, 0.3) is 88.7 Å². The van der Waals surface area contributed by atoms with Gasteiger partial charge in [-0.2, -0.15) is 0 Å². The molecule has 9 rings (SSSR count). The van der Waals surface area contributed by atoms with Gasteiger partial charge in [0, 0.05) is 16.7 Å². The molecule has 0 bridgehead atoms. The van der Waals surface area contributed by atoms with Gasteiger partial charge < -0.3 is 0 Å². The third kappa shape index (κ3) is 5.92. The molecule has 0 atom stereocenters. The molecule has 0 unspecified atom stereocenters. The molecule has 0 aliphatic carbocycles. The summed E-state index contributed by atoms with van der Waals surface area (Å²) in [4.78, 5) is 15.0. The van der Waals surface area contributed by atoms with E-state index in [1.807, 2.05) is 60.7 Å². The van der Waals surface area contributed by atoms with Gasteiger partial charge in [-0.15, -0.1) is 16.4 Å². The molecule has 0 saturated carbocycles. The summed E-state index contributed by atoms with van der Waals surface area (Å²) in [6.45, 7) is 0. The summed E-state index contributed by atoms with van der Waals surface area (Å²) in [7, 11) is 59.6. The first-order valence-electron chi connectivity index (χ1n) is 18.1. The molecule has 0 N–H and O–H groups in total. The van der Waals surface area contributed by atoms with Crippen molar-refractivity contribution in [3.8, 4) is 56.4 Å². The maximum atomic E-state index is 6.88. The highest BCUT2D eigenvalue weighted by atomic mass is 15.0. The van der Waals surface area contributed by atoms with Crippen molar-refractivity contribution in [2.75, 3.05) is 0 Å². The molecule has 9 aromatic rings. The summed E-state index contributed by atoms with van der Waals surface area (Å²) in [6, 6.07) is 40.7. The Morgan fingerprint density at radius 2 is 0.684 bits per heavy atom. The Balaban J connectivity index is 1.31. The van der Waals surface area contributed by atoms with Crippen LogP contribution in [0.5, 0.6) is 0 Å². The van der Waals surface area contributed by atoms with Crippen LogP contribution in [0.2, 0.25) is 0 Å². The maximum absolute atomic E-state index is 6.88. The molecule has 242 valence electrons. The van der Waals surface area contributed by atoms with Crippen LogP contribution in [0.3, 0.4) is 0 Å². The van der Waals surface area contributed by atoms with Crippen molar-refractivity contribution in [2.45, 2.75) is 0 Å². The van der Waals surface area contributed by atoms with Gasteiger partial charge in [0.15, 0.2) is 17.5 Å². The largest absolute Gasteiger partial charge is 0.208 e. The van der Waals surface area contributed by atoms with Crippen molar-refractivity contribution in [2.24, 2.45) is 0 Å². The number of aromatic nitrogens is 3. The van der Waals surface area contributed by atoms with Gasteiger partial charge in [-0.25, -0.2) is 15.0 Å². The minimum Gasteiger partial charge on any atom is -0.208 e. The predicted molar refractivity (Wildman–Crippen MR) is 248 cm³/mol. The van der Waals surface area contributed by atoms with Crippen LogP contribution in [0.4, 0.5) is 0 Å². The van der Waals surface area contributed by atoms with E-state index < -0.39 is 0 Å². The van der Waals surface area contributed by atoms with Gasteiger partial charge in [0.2, 0.25) is 0 Å². The molecule has 0 fully saturated rings. The molecule has 0 saturated heterocycles. The second kappa shape index (κ2) is 14.3. The molecule has 12 heteroatoms. The highest BCUT2D eigenvalue weighted by Gasteiger charge is 2.24. The quantitative estimate of drug-likeness (QED) is 0.198. The summed E-state index contributed by atoms with van der Waals surface area (Å²) < 4.78 is 0. The van der Waals surface area contributed by atoms with Crippen molar-refractivity contribution in [3.05, 3.63) is 121 Å². The standard InChI is InChI=1S/C45H20B9N3/c46-34-31-29(30-32(37(34)49)38(50)42(54)41(53)36(30)48)35(47)40(52)39(51)33(31)45-56-43(22-12-5-2-6-13-22)55-44(57-45)24-15-9-14-23(20-24)26-19-18-25(21-10-3-1-4-11-21)27-16-7-8-17-28(26)27/h1-20H. The Labute approximate surface area is 343 Å². The van der Waals surface area contributed by atoms with Gasteiger partial charge in [-0.3, -0.25) is 0 Å². The predicted octanol–water partition coefficient (Wildman–Crippen LogP) is 0.810. The molecule has 0 aliphatic heterocycles. The zero-order chi connectivity index (χ0) is 39.7. The Bertz CT molecular complexity index is 3120. The van der Waals surface area contributed by atoms with Crippen molar-refractivity contribution in [1.82, 2.24) is 15.0 Å². The zero-order valence-corrected chi connectivity index (χ0v) is 30.6. The van der Waals surface area contributed by atoms with Crippen LogP contribution in [0.1, 0.15) is 0 Å². The lowest BCUT2D eigenvalue weighted by molar-refractivity contribution is 1.08. The molecule has 8 aromatic carbocycles. The Morgan fingerprint density at radius 1 is 0.281 bits per heavy atom. The van der Waals surface area contributed by atoms with Gasteiger partial charge in [-0.1, -0.05) is 148 Å². The Kier molecular flexibility index (Phi) is 9.19. The number of nitrogens with zero attached hydrogens (tertiary/aromatic N) is 3. The van der Waals surface area contributed by atoms with Crippen molar-refractivity contribution < 1.29 is 0 Å². The monoisotopic (exact) mass is 701 g/mol. The molecule has 1 heterocycles. The van der Waals surface area contributed by atoms with Crippen LogP contribution in [-0.4, -0.2) is 85.6 Å². The van der Waals surface area contributed by atoms with E-state index >= 15 is 0 Å². The second-order valence-corrected chi connectivity index (χ2v) is 13.9. The number of hydrogen-bond acceptors (Lipinski definition) is 3. The van der Waals surface area contributed by atoms with E-state index in [1.165, 1.54) is 0 Å². The average molecular weight is 700 g/mol. The van der Waals surface area contributed by atoms with Gasteiger partial charge >= 0.3 is 0 Å². The SMILES string of the molecule is [B]c1c([B])c([B])c2c(c1[B])c([B])c([B])c1c(-c3nc(-c4ccccc4)nc(-c4cccc(-c5ccc(-c6ccccc6)c6ccccc56)c4)n3)c([B])c([B])c([B])c12. The second-order valence-electron chi connectivity index (χ2n) is 13.9. The van der Waals surface area contributed by atoms with Gasteiger partial charge in [0.05, 0.1) is 0 Å². The smallest absolute Gasteiger partial charge is 0.164 e. The first kappa shape index (κ1) is 36.8. The first-order chi connectivity index (χ1) is 27.5. The Hall–Kier alpha value is -5.87. The number of rotatable bonds is 5. The highest BCUT2D eigenvalue weighted by Crippen LogP contribution is 2.37.